The quantitative estimate of drug-likeness (QED) is 0.276. The summed E-state index contributed by atoms with van der Waals surface area (Å²) in [6, 6.07) is 0. The second-order valence-electron chi connectivity index (χ2n) is 1.90. The molecule has 0 radical (unpaired) electrons. The molecule has 1 atom stereocenters. The summed E-state index contributed by atoms with van der Waals surface area (Å²) in [7, 11) is -5.06. The molecule has 0 rings (SSSR count). The van der Waals surface area contributed by atoms with Crippen molar-refractivity contribution in [2.75, 3.05) is 6.61 Å². The summed E-state index contributed by atoms with van der Waals surface area (Å²) in [5, 5.41) is 7.27. The van der Waals surface area contributed by atoms with Gasteiger partial charge in [-0.2, -0.15) is 8.42 Å². The van der Waals surface area contributed by atoms with E-state index >= 15 is 0 Å². The van der Waals surface area contributed by atoms with Crippen LogP contribution in [-0.2, 0) is 19.6 Å². The maximum absolute atomic E-state index is 10.6. The average Bonchev–Trinajstić information content (AvgIpc) is 1.82. The lowest BCUT2D eigenvalue weighted by Crippen LogP contribution is -2.38. The summed E-state index contributed by atoms with van der Waals surface area (Å²) >= 11 is 0. The van der Waals surface area contributed by atoms with E-state index in [-0.39, 0.29) is 6.61 Å². The molecule has 0 saturated heterocycles. The lowest BCUT2D eigenvalue weighted by atomic mass is 10.6. The Morgan fingerprint density at radius 1 is 1.69 bits per heavy atom. The number of nitro groups is 1. The van der Waals surface area contributed by atoms with Crippen molar-refractivity contribution in [3.05, 3.63) is 10.1 Å². The van der Waals surface area contributed by atoms with E-state index in [1.54, 1.807) is 0 Å². The SMILES string of the molecule is CCOC(=O)C([N+](=O)[O-])S(=O)(=O)O. The Hall–Kier alpha value is -1.22. The smallest absolute Gasteiger partial charge is 0.428 e. The Bertz CT molecular complexity index is 306. The number of ether oxygens (including phenoxy) is 1. The van der Waals surface area contributed by atoms with Crippen molar-refractivity contribution in [3.63, 3.8) is 0 Å². The fourth-order valence-electron chi connectivity index (χ4n) is 0.530. The van der Waals surface area contributed by atoms with Crippen molar-refractivity contribution in [3.8, 4) is 0 Å². The molecule has 0 aromatic rings. The lowest BCUT2D eigenvalue weighted by molar-refractivity contribution is -0.487. The topological polar surface area (TPSA) is 124 Å². The number of carbonyl (C=O) groups is 1. The largest absolute Gasteiger partial charge is 0.460 e. The van der Waals surface area contributed by atoms with Gasteiger partial charge in [-0.25, -0.2) is 4.79 Å². The van der Waals surface area contributed by atoms with E-state index in [2.05, 4.69) is 4.74 Å². The molecule has 0 bridgehead atoms. The first-order valence-electron chi connectivity index (χ1n) is 3.07. The molecule has 0 aliphatic rings. The van der Waals surface area contributed by atoms with Gasteiger partial charge in [-0.05, 0) is 6.92 Å². The minimum Gasteiger partial charge on any atom is -0.460 e. The molecule has 0 spiro atoms. The summed E-state index contributed by atoms with van der Waals surface area (Å²) in [5.74, 6) is -1.60. The Balaban J connectivity index is 4.85. The van der Waals surface area contributed by atoms with Gasteiger partial charge in [-0.15, -0.1) is 0 Å². The molecule has 9 heteroatoms. The second kappa shape index (κ2) is 4.14. The van der Waals surface area contributed by atoms with E-state index in [4.69, 9.17) is 4.55 Å². The highest BCUT2D eigenvalue weighted by atomic mass is 32.2. The normalized spacial score (nSPS) is 13.4. The van der Waals surface area contributed by atoms with Gasteiger partial charge in [0.1, 0.15) is 0 Å². The minimum absolute atomic E-state index is 0.210. The predicted molar refractivity (Wildman–Crippen MR) is 39.0 cm³/mol. The number of hydrogen-bond acceptors (Lipinski definition) is 6. The van der Waals surface area contributed by atoms with E-state index in [0.717, 1.165) is 0 Å². The van der Waals surface area contributed by atoms with Crippen LogP contribution in [0.3, 0.4) is 0 Å². The zero-order valence-corrected chi connectivity index (χ0v) is 7.35. The van der Waals surface area contributed by atoms with Crippen molar-refractivity contribution >= 4 is 16.1 Å². The van der Waals surface area contributed by atoms with E-state index in [1.165, 1.54) is 6.92 Å². The summed E-state index contributed by atoms with van der Waals surface area (Å²) in [6.07, 6.45) is 0. The van der Waals surface area contributed by atoms with Gasteiger partial charge in [0.25, 0.3) is 0 Å². The highest BCUT2D eigenvalue weighted by Gasteiger charge is 2.44. The molecule has 13 heavy (non-hydrogen) atoms. The van der Waals surface area contributed by atoms with Crippen LogP contribution in [0.25, 0.3) is 0 Å². The molecule has 76 valence electrons. The Morgan fingerprint density at radius 3 is 2.38 bits per heavy atom. The minimum atomic E-state index is -5.06. The van der Waals surface area contributed by atoms with Gasteiger partial charge >= 0.3 is 21.5 Å². The first kappa shape index (κ1) is 11.8. The van der Waals surface area contributed by atoms with Crippen LogP contribution in [0, 0.1) is 10.1 Å². The van der Waals surface area contributed by atoms with Crippen LogP contribution in [-0.4, -0.2) is 35.8 Å². The Kier molecular flexibility index (Phi) is 3.75. The van der Waals surface area contributed by atoms with Crippen molar-refractivity contribution in [1.29, 1.82) is 0 Å². The molecule has 0 aliphatic carbocycles. The Labute approximate surface area is 73.4 Å². The maximum Gasteiger partial charge on any atom is 0.428 e. The van der Waals surface area contributed by atoms with Crippen molar-refractivity contribution in [2.45, 2.75) is 12.3 Å². The van der Waals surface area contributed by atoms with Crippen LogP contribution < -0.4 is 0 Å². The van der Waals surface area contributed by atoms with Crippen molar-refractivity contribution in [1.82, 2.24) is 0 Å². The van der Waals surface area contributed by atoms with Crippen LogP contribution in [0.1, 0.15) is 6.92 Å². The summed E-state index contributed by atoms with van der Waals surface area (Å²) in [6.45, 7) is 1.14. The second-order valence-corrected chi connectivity index (χ2v) is 3.38. The highest BCUT2D eigenvalue weighted by Crippen LogP contribution is 2.02. The van der Waals surface area contributed by atoms with Crippen molar-refractivity contribution in [2.24, 2.45) is 0 Å². The van der Waals surface area contributed by atoms with Crippen LogP contribution in [0.4, 0.5) is 0 Å². The van der Waals surface area contributed by atoms with Gasteiger partial charge in [-0.1, -0.05) is 0 Å². The summed E-state index contributed by atoms with van der Waals surface area (Å²) in [4.78, 5) is 19.2. The number of esters is 1. The molecule has 0 heterocycles. The third kappa shape index (κ3) is 3.34. The Morgan fingerprint density at radius 2 is 2.15 bits per heavy atom. The van der Waals surface area contributed by atoms with Crippen LogP contribution in [0.5, 0.6) is 0 Å². The molecule has 0 aliphatic heterocycles. The molecule has 0 aromatic carbocycles. The molecule has 1 N–H and O–H groups in total. The van der Waals surface area contributed by atoms with Gasteiger partial charge in [0.05, 0.1) is 11.5 Å². The van der Waals surface area contributed by atoms with E-state index in [9.17, 15) is 23.3 Å². The molecular formula is C4H7NO7S. The fourth-order valence-corrected chi connectivity index (χ4v) is 1.06. The average molecular weight is 213 g/mol. The molecule has 0 saturated carbocycles. The predicted octanol–water partition coefficient (Wildman–Crippen LogP) is -0.960. The molecule has 0 fully saturated rings. The van der Waals surface area contributed by atoms with Gasteiger partial charge in [0, 0.05) is 0 Å². The molecule has 0 amide bonds. The van der Waals surface area contributed by atoms with E-state index in [0.29, 0.717) is 0 Å². The van der Waals surface area contributed by atoms with Gasteiger partial charge in [0.15, 0.2) is 0 Å². The zero-order valence-electron chi connectivity index (χ0n) is 6.54. The standard InChI is InChI=1S/C4H7NO7S/c1-2-12-4(6)3(5(7)8)13(9,10)11/h3H,2H2,1H3,(H,9,10,11). The third-order valence-corrected chi connectivity index (χ3v) is 1.89. The zero-order chi connectivity index (χ0) is 10.6. The monoisotopic (exact) mass is 213 g/mol. The van der Waals surface area contributed by atoms with Crippen LogP contribution in [0.15, 0.2) is 0 Å². The number of hydrogen-bond donors (Lipinski definition) is 1. The number of nitrogens with zero attached hydrogens (tertiary/aromatic N) is 1. The third-order valence-electron chi connectivity index (χ3n) is 0.962. The van der Waals surface area contributed by atoms with E-state index < -0.39 is 26.4 Å². The maximum atomic E-state index is 10.6. The molecular weight excluding hydrogens is 206 g/mol. The van der Waals surface area contributed by atoms with E-state index in [1.807, 2.05) is 0 Å². The van der Waals surface area contributed by atoms with Crippen molar-refractivity contribution < 1.29 is 27.4 Å². The first-order chi connectivity index (χ1) is 5.80. The number of rotatable bonds is 4. The summed E-state index contributed by atoms with van der Waals surface area (Å²) in [5.41, 5.74) is 0. The molecule has 8 nitrogen and oxygen atoms in total. The molecule has 0 aromatic heterocycles. The lowest BCUT2D eigenvalue weighted by Gasteiger charge is -2.04. The van der Waals surface area contributed by atoms with Gasteiger partial charge in [-0.3, -0.25) is 14.7 Å². The first-order valence-corrected chi connectivity index (χ1v) is 4.57. The van der Waals surface area contributed by atoms with Crippen LogP contribution in [0.2, 0.25) is 0 Å². The van der Waals surface area contributed by atoms with Gasteiger partial charge in [0.2, 0.25) is 0 Å². The summed E-state index contributed by atoms with van der Waals surface area (Å²) < 4.78 is 33.0. The number of carbonyl (C=O) groups excluding carboxylic acids is 1. The highest BCUT2D eigenvalue weighted by molar-refractivity contribution is 7.87. The molecule has 1 unspecified atom stereocenters. The fraction of sp³-hybridized carbons (Fsp3) is 0.750. The van der Waals surface area contributed by atoms with Gasteiger partial charge < -0.3 is 4.74 Å². The van der Waals surface area contributed by atoms with Crippen LogP contribution >= 0.6 is 0 Å².